The molecule has 4 heteroatoms. The van der Waals surface area contributed by atoms with Crippen LogP contribution < -0.4 is 11.1 Å². The third-order valence-electron chi connectivity index (χ3n) is 5.19. The fourth-order valence-electron chi connectivity index (χ4n) is 3.85. The van der Waals surface area contributed by atoms with E-state index in [1.807, 2.05) is 54.6 Å². The summed E-state index contributed by atoms with van der Waals surface area (Å²) in [6, 6.07) is 26.5. The van der Waals surface area contributed by atoms with E-state index in [-0.39, 0.29) is 12.0 Å². The first-order valence-corrected chi connectivity index (χ1v) is 9.60. The van der Waals surface area contributed by atoms with E-state index in [1.165, 1.54) is 22.3 Å². The van der Waals surface area contributed by atoms with Crippen LogP contribution in [-0.2, 0) is 11.2 Å². The third kappa shape index (κ3) is 3.92. The van der Waals surface area contributed by atoms with Crippen LogP contribution in [0.25, 0.3) is 11.1 Å². The second-order valence-electron chi connectivity index (χ2n) is 7.16. The highest BCUT2D eigenvalue weighted by Gasteiger charge is 2.28. The molecule has 3 aromatic rings. The number of nitrogens with two attached hydrogens (primary N) is 1. The minimum atomic E-state index is -0.426. The second kappa shape index (κ2) is 8.28. The monoisotopic (exact) mass is 372 g/mol. The van der Waals surface area contributed by atoms with E-state index in [2.05, 4.69) is 29.6 Å². The molecular weight excluding hydrogens is 348 g/mol. The van der Waals surface area contributed by atoms with Crippen molar-refractivity contribution in [1.82, 2.24) is 5.32 Å². The van der Waals surface area contributed by atoms with Crippen molar-refractivity contribution in [3.05, 3.63) is 95.6 Å². The molecule has 1 amide bonds. The maximum atomic E-state index is 12.2. The molecule has 0 fully saturated rings. The smallest absolute Gasteiger partial charge is 0.407 e. The van der Waals surface area contributed by atoms with Crippen LogP contribution in [0, 0.1) is 0 Å². The van der Waals surface area contributed by atoms with Crippen LogP contribution in [0.1, 0.15) is 22.6 Å². The predicted molar refractivity (Wildman–Crippen MR) is 111 cm³/mol. The highest BCUT2D eigenvalue weighted by molar-refractivity contribution is 5.79. The van der Waals surface area contributed by atoms with Crippen molar-refractivity contribution in [1.29, 1.82) is 0 Å². The Kier molecular flexibility index (Phi) is 5.40. The van der Waals surface area contributed by atoms with Gasteiger partial charge in [0.1, 0.15) is 6.61 Å². The number of ether oxygens (including phenoxy) is 1. The van der Waals surface area contributed by atoms with Crippen molar-refractivity contribution in [2.75, 3.05) is 13.2 Å². The van der Waals surface area contributed by atoms with E-state index in [1.54, 1.807) is 0 Å². The summed E-state index contributed by atoms with van der Waals surface area (Å²) in [5.41, 5.74) is 12.1. The maximum Gasteiger partial charge on any atom is 0.407 e. The molecule has 1 aliphatic rings. The number of rotatable bonds is 6. The van der Waals surface area contributed by atoms with E-state index in [0.717, 1.165) is 5.56 Å². The second-order valence-corrected chi connectivity index (χ2v) is 7.16. The Labute approximate surface area is 165 Å². The Hall–Kier alpha value is -3.11. The molecule has 0 heterocycles. The minimum Gasteiger partial charge on any atom is -0.449 e. The fraction of sp³-hybridized carbons (Fsp3) is 0.208. The van der Waals surface area contributed by atoms with Gasteiger partial charge in [0.2, 0.25) is 0 Å². The molecule has 1 aliphatic carbocycles. The van der Waals surface area contributed by atoms with Crippen LogP contribution in [0.3, 0.4) is 0 Å². The first-order chi connectivity index (χ1) is 13.7. The van der Waals surface area contributed by atoms with Crippen LogP contribution >= 0.6 is 0 Å². The van der Waals surface area contributed by atoms with E-state index in [4.69, 9.17) is 10.5 Å². The zero-order valence-corrected chi connectivity index (χ0v) is 15.7. The maximum absolute atomic E-state index is 12.2. The van der Waals surface area contributed by atoms with Crippen LogP contribution in [0.15, 0.2) is 78.9 Å². The topological polar surface area (TPSA) is 64.3 Å². The lowest BCUT2D eigenvalue weighted by Crippen LogP contribution is -2.39. The average Bonchev–Trinajstić information content (AvgIpc) is 3.05. The molecule has 0 aromatic heterocycles. The summed E-state index contributed by atoms with van der Waals surface area (Å²) in [6.07, 6.45) is 0.287. The summed E-state index contributed by atoms with van der Waals surface area (Å²) in [6.45, 7) is 0.694. The van der Waals surface area contributed by atoms with Gasteiger partial charge in [-0.1, -0.05) is 78.9 Å². The Morgan fingerprint density at radius 1 is 0.893 bits per heavy atom. The zero-order chi connectivity index (χ0) is 19.3. The number of hydrogen-bond donors (Lipinski definition) is 2. The molecule has 4 rings (SSSR count). The van der Waals surface area contributed by atoms with Gasteiger partial charge in [-0.25, -0.2) is 4.79 Å². The number of carbonyl (C=O) groups excluding carboxylic acids is 1. The first-order valence-electron chi connectivity index (χ1n) is 9.60. The van der Waals surface area contributed by atoms with Gasteiger partial charge in [-0.3, -0.25) is 0 Å². The van der Waals surface area contributed by atoms with Gasteiger partial charge in [0.05, 0.1) is 0 Å². The summed E-state index contributed by atoms with van der Waals surface area (Å²) in [5.74, 6) is 0.0659. The molecule has 0 aliphatic heterocycles. The number of alkyl carbamates (subject to hydrolysis) is 1. The molecule has 3 N–H and O–H groups in total. The van der Waals surface area contributed by atoms with E-state index >= 15 is 0 Å². The molecule has 1 unspecified atom stereocenters. The Bertz CT molecular complexity index is 910. The molecule has 28 heavy (non-hydrogen) atoms. The van der Waals surface area contributed by atoms with Gasteiger partial charge in [-0.15, -0.1) is 0 Å². The van der Waals surface area contributed by atoms with E-state index in [9.17, 15) is 4.79 Å². The van der Waals surface area contributed by atoms with Crippen molar-refractivity contribution in [3.8, 4) is 11.1 Å². The Morgan fingerprint density at radius 2 is 1.46 bits per heavy atom. The molecule has 0 saturated heterocycles. The lowest BCUT2D eigenvalue weighted by molar-refractivity contribution is 0.142. The highest BCUT2D eigenvalue weighted by Crippen LogP contribution is 2.44. The Morgan fingerprint density at radius 3 is 2.11 bits per heavy atom. The van der Waals surface area contributed by atoms with Crippen molar-refractivity contribution in [2.24, 2.45) is 5.73 Å². The SMILES string of the molecule is NC(CNC(=O)OCC1c2ccccc2-c2ccccc21)Cc1ccccc1. The van der Waals surface area contributed by atoms with E-state index in [0.29, 0.717) is 19.6 Å². The van der Waals surface area contributed by atoms with Gasteiger partial charge in [0.25, 0.3) is 0 Å². The van der Waals surface area contributed by atoms with Crippen LogP contribution in [0.2, 0.25) is 0 Å². The normalized spacial score (nSPS) is 13.5. The molecule has 0 spiro atoms. The zero-order valence-electron chi connectivity index (χ0n) is 15.7. The summed E-state index contributed by atoms with van der Waals surface area (Å²) in [4.78, 5) is 12.2. The summed E-state index contributed by atoms with van der Waals surface area (Å²) >= 11 is 0. The minimum absolute atomic E-state index is 0.0659. The third-order valence-corrected chi connectivity index (χ3v) is 5.19. The van der Waals surface area contributed by atoms with Gasteiger partial charge in [0, 0.05) is 18.5 Å². The van der Waals surface area contributed by atoms with Gasteiger partial charge < -0.3 is 15.8 Å². The van der Waals surface area contributed by atoms with Gasteiger partial charge in [0.15, 0.2) is 0 Å². The van der Waals surface area contributed by atoms with Crippen LogP contribution in [-0.4, -0.2) is 25.3 Å². The first kappa shape index (κ1) is 18.3. The van der Waals surface area contributed by atoms with Gasteiger partial charge >= 0.3 is 6.09 Å². The molecule has 0 bridgehead atoms. The predicted octanol–water partition coefficient (Wildman–Crippen LogP) is 4.10. The van der Waals surface area contributed by atoms with Crippen molar-refractivity contribution in [2.45, 2.75) is 18.4 Å². The quantitative estimate of drug-likeness (QED) is 0.685. The molecule has 4 nitrogen and oxygen atoms in total. The molecule has 3 aromatic carbocycles. The van der Waals surface area contributed by atoms with Crippen molar-refractivity contribution < 1.29 is 9.53 Å². The molecule has 0 saturated carbocycles. The number of benzene rings is 3. The molecule has 0 radical (unpaired) electrons. The molecule has 1 atom stereocenters. The number of hydrogen-bond acceptors (Lipinski definition) is 3. The Balaban J connectivity index is 1.33. The van der Waals surface area contributed by atoms with Crippen molar-refractivity contribution >= 4 is 6.09 Å². The highest BCUT2D eigenvalue weighted by atomic mass is 16.5. The lowest BCUT2D eigenvalue weighted by atomic mass is 9.98. The number of carbonyl (C=O) groups is 1. The van der Waals surface area contributed by atoms with Gasteiger partial charge in [-0.2, -0.15) is 0 Å². The van der Waals surface area contributed by atoms with Crippen LogP contribution in [0.4, 0.5) is 4.79 Å². The summed E-state index contributed by atoms with van der Waals surface area (Å²) in [5, 5.41) is 2.79. The molecular formula is C24H24N2O2. The lowest BCUT2D eigenvalue weighted by Gasteiger charge is -2.16. The van der Waals surface area contributed by atoms with Crippen molar-refractivity contribution in [3.63, 3.8) is 0 Å². The summed E-state index contributed by atoms with van der Waals surface area (Å²) in [7, 11) is 0. The largest absolute Gasteiger partial charge is 0.449 e. The standard InChI is InChI=1S/C24H24N2O2/c25-18(14-17-8-2-1-3-9-17)15-26-24(27)28-16-23-21-12-6-4-10-19(21)20-11-5-7-13-22(20)23/h1-13,18,23H,14-16,25H2,(H,26,27). The fourth-order valence-corrected chi connectivity index (χ4v) is 3.85. The number of amides is 1. The van der Waals surface area contributed by atoms with Crippen LogP contribution in [0.5, 0.6) is 0 Å². The number of nitrogens with one attached hydrogen (secondary N) is 1. The summed E-state index contributed by atoms with van der Waals surface area (Å²) < 4.78 is 5.53. The molecule has 142 valence electrons. The van der Waals surface area contributed by atoms with Gasteiger partial charge in [-0.05, 0) is 34.2 Å². The number of fused-ring (bicyclic) bond motifs is 3. The average molecular weight is 372 g/mol. The van der Waals surface area contributed by atoms with E-state index < -0.39 is 6.09 Å².